The van der Waals surface area contributed by atoms with Crippen molar-refractivity contribution in [1.82, 2.24) is 9.80 Å². The van der Waals surface area contributed by atoms with Crippen molar-refractivity contribution in [2.24, 2.45) is 4.99 Å². The molecule has 2 heterocycles. The summed E-state index contributed by atoms with van der Waals surface area (Å²) < 4.78 is 31.8. The van der Waals surface area contributed by atoms with E-state index in [1.54, 1.807) is 30.3 Å². The van der Waals surface area contributed by atoms with Crippen LogP contribution in [0.25, 0.3) is 0 Å². The van der Waals surface area contributed by atoms with Gasteiger partial charge in [-0.25, -0.2) is 13.4 Å². The fourth-order valence-corrected chi connectivity index (χ4v) is 5.33. The first-order valence-corrected chi connectivity index (χ1v) is 11.3. The first-order chi connectivity index (χ1) is 14.1. The molecular formula is C21H26ClN3O4S. The van der Waals surface area contributed by atoms with Gasteiger partial charge in [-0.3, -0.25) is 4.90 Å². The molecule has 1 N–H and O–H groups in total. The van der Waals surface area contributed by atoms with Crippen molar-refractivity contribution in [3.05, 3.63) is 54.1 Å². The van der Waals surface area contributed by atoms with Gasteiger partial charge in [0.25, 0.3) is 0 Å². The molecule has 0 aromatic heterocycles. The van der Waals surface area contributed by atoms with Gasteiger partial charge in [0.15, 0.2) is 0 Å². The van der Waals surface area contributed by atoms with Crippen molar-refractivity contribution in [2.45, 2.75) is 9.79 Å². The summed E-state index contributed by atoms with van der Waals surface area (Å²) >= 11 is 0. The molecule has 0 radical (unpaired) electrons. The normalized spacial score (nSPS) is 17.9. The van der Waals surface area contributed by atoms with E-state index in [9.17, 15) is 8.42 Å². The maximum absolute atomic E-state index is 13.2. The van der Waals surface area contributed by atoms with Crippen molar-refractivity contribution in [1.29, 1.82) is 0 Å². The van der Waals surface area contributed by atoms with Crippen LogP contribution in [-0.2, 0) is 14.6 Å². The third-order valence-electron chi connectivity index (χ3n) is 5.26. The fraction of sp³-hybridized carbons (Fsp3) is 0.381. The Morgan fingerprint density at radius 2 is 1.60 bits per heavy atom. The van der Waals surface area contributed by atoms with Gasteiger partial charge in [-0.05, 0) is 24.3 Å². The summed E-state index contributed by atoms with van der Waals surface area (Å²) in [4.78, 5) is 9.84. The van der Waals surface area contributed by atoms with Crippen molar-refractivity contribution >= 4 is 33.8 Å². The van der Waals surface area contributed by atoms with Gasteiger partial charge in [0.05, 0.1) is 35.3 Å². The number of benzene rings is 2. The standard InChI is InChI=1S/C21H25N3O4S.ClH/c25-14-16-28-15-13-23-9-11-24(12-10-23)21-17-5-1-3-7-19(17)29(26,27)20-8-4-2-6-18(20)22-21;/h1-8,25H,9-16H2;1H. The van der Waals surface area contributed by atoms with Crippen molar-refractivity contribution in [3.8, 4) is 0 Å². The Morgan fingerprint density at radius 1 is 0.933 bits per heavy atom. The second-order valence-corrected chi connectivity index (χ2v) is 8.95. The second kappa shape index (κ2) is 9.89. The monoisotopic (exact) mass is 451 g/mol. The number of amidine groups is 1. The van der Waals surface area contributed by atoms with Gasteiger partial charge in [0.2, 0.25) is 9.84 Å². The molecule has 0 saturated carbocycles. The van der Waals surface area contributed by atoms with Crippen molar-refractivity contribution < 1.29 is 18.3 Å². The molecule has 1 saturated heterocycles. The van der Waals surface area contributed by atoms with Crippen LogP contribution in [0, 0.1) is 0 Å². The summed E-state index contributed by atoms with van der Waals surface area (Å²) in [6.45, 7) is 5.02. The number of hydrogen-bond acceptors (Lipinski definition) is 7. The molecule has 0 atom stereocenters. The zero-order chi connectivity index (χ0) is 20.3. The van der Waals surface area contributed by atoms with Crippen LogP contribution in [0.5, 0.6) is 0 Å². The number of aliphatic hydroxyl groups excluding tert-OH is 1. The van der Waals surface area contributed by atoms with Crippen LogP contribution in [0.4, 0.5) is 5.69 Å². The van der Waals surface area contributed by atoms with E-state index < -0.39 is 9.84 Å². The molecule has 0 spiro atoms. The lowest BCUT2D eigenvalue weighted by atomic mass is 10.1. The molecular weight excluding hydrogens is 426 g/mol. The summed E-state index contributed by atoms with van der Waals surface area (Å²) in [7, 11) is -3.63. The van der Waals surface area contributed by atoms with Gasteiger partial charge >= 0.3 is 0 Å². The maximum Gasteiger partial charge on any atom is 0.209 e. The highest BCUT2D eigenvalue weighted by Gasteiger charge is 2.31. The quantitative estimate of drug-likeness (QED) is 0.700. The number of nitrogens with zero attached hydrogens (tertiary/aromatic N) is 3. The smallest absolute Gasteiger partial charge is 0.209 e. The third-order valence-corrected chi connectivity index (χ3v) is 7.12. The average Bonchev–Trinajstić information content (AvgIpc) is 2.85. The number of aliphatic hydroxyl groups is 1. The first-order valence-electron chi connectivity index (χ1n) is 9.79. The highest BCUT2D eigenvalue weighted by molar-refractivity contribution is 7.91. The lowest BCUT2D eigenvalue weighted by Gasteiger charge is -2.36. The molecule has 162 valence electrons. The SMILES string of the molecule is Cl.O=S1(=O)c2ccccc2N=C(N2CCN(CCOCCO)CC2)c2ccccc21. The molecule has 4 rings (SSSR count). The van der Waals surface area contributed by atoms with E-state index in [4.69, 9.17) is 14.8 Å². The average molecular weight is 452 g/mol. The topological polar surface area (TPSA) is 82.4 Å². The van der Waals surface area contributed by atoms with E-state index in [-0.39, 0.29) is 23.9 Å². The van der Waals surface area contributed by atoms with E-state index in [2.05, 4.69) is 9.80 Å². The van der Waals surface area contributed by atoms with E-state index in [1.807, 2.05) is 18.2 Å². The fourth-order valence-electron chi connectivity index (χ4n) is 3.74. The Bertz CT molecular complexity index is 1000. The Balaban J connectivity index is 0.00000256. The lowest BCUT2D eigenvalue weighted by molar-refractivity contribution is 0.0652. The molecule has 0 unspecified atom stereocenters. The van der Waals surface area contributed by atoms with E-state index in [0.29, 0.717) is 35.2 Å². The van der Waals surface area contributed by atoms with Crippen LogP contribution in [-0.4, -0.2) is 81.7 Å². The highest BCUT2D eigenvalue weighted by Crippen LogP contribution is 2.35. The molecule has 7 nitrogen and oxygen atoms in total. The summed E-state index contributed by atoms with van der Waals surface area (Å²) in [6.07, 6.45) is 0. The highest BCUT2D eigenvalue weighted by atomic mass is 35.5. The Labute approximate surface area is 183 Å². The largest absolute Gasteiger partial charge is 0.394 e. The van der Waals surface area contributed by atoms with Crippen LogP contribution in [0.2, 0.25) is 0 Å². The summed E-state index contributed by atoms with van der Waals surface area (Å²) in [6, 6.07) is 14.0. The second-order valence-electron chi connectivity index (χ2n) is 7.07. The van der Waals surface area contributed by atoms with Crippen LogP contribution < -0.4 is 0 Å². The molecule has 2 aromatic carbocycles. The predicted octanol–water partition coefficient (Wildman–Crippen LogP) is 1.96. The van der Waals surface area contributed by atoms with Gasteiger partial charge < -0.3 is 14.7 Å². The molecule has 0 bridgehead atoms. The number of aliphatic imine (C=N–C) groups is 1. The number of halogens is 1. The van der Waals surface area contributed by atoms with Gasteiger partial charge in [0.1, 0.15) is 5.84 Å². The maximum atomic E-state index is 13.2. The number of hydrogen-bond donors (Lipinski definition) is 1. The van der Waals surface area contributed by atoms with Gasteiger partial charge in [0, 0.05) is 38.3 Å². The molecule has 0 amide bonds. The molecule has 0 aliphatic carbocycles. The van der Waals surface area contributed by atoms with Crippen molar-refractivity contribution in [2.75, 3.05) is 52.5 Å². The van der Waals surface area contributed by atoms with Crippen molar-refractivity contribution in [3.63, 3.8) is 0 Å². The number of rotatable bonds is 5. The van der Waals surface area contributed by atoms with E-state index in [1.165, 1.54) is 0 Å². The van der Waals surface area contributed by atoms with Gasteiger partial charge in [-0.2, -0.15) is 0 Å². The molecule has 30 heavy (non-hydrogen) atoms. The number of fused-ring (bicyclic) bond motifs is 2. The van der Waals surface area contributed by atoms with Crippen LogP contribution in [0.15, 0.2) is 63.3 Å². The number of piperazine rings is 1. The number of sulfone groups is 1. The zero-order valence-corrected chi connectivity index (χ0v) is 18.2. The molecule has 2 aliphatic rings. The predicted molar refractivity (Wildman–Crippen MR) is 118 cm³/mol. The van der Waals surface area contributed by atoms with E-state index >= 15 is 0 Å². The number of para-hydroxylation sites is 1. The minimum absolute atomic E-state index is 0. The van der Waals surface area contributed by atoms with Gasteiger partial charge in [-0.15, -0.1) is 12.4 Å². The Morgan fingerprint density at radius 3 is 2.33 bits per heavy atom. The third kappa shape index (κ3) is 4.53. The lowest BCUT2D eigenvalue weighted by Crippen LogP contribution is -2.49. The molecule has 9 heteroatoms. The summed E-state index contributed by atoms with van der Waals surface area (Å²) in [5.74, 6) is 0.713. The zero-order valence-electron chi connectivity index (χ0n) is 16.6. The van der Waals surface area contributed by atoms with E-state index in [0.717, 1.165) is 32.7 Å². The van der Waals surface area contributed by atoms with Crippen LogP contribution in [0.1, 0.15) is 5.56 Å². The first kappa shape index (κ1) is 22.7. The minimum atomic E-state index is -3.63. The minimum Gasteiger partial charge on any atom is -0.394 e. The Kier molecular flexibility index (Phi) is 7.49. The van der Waals surface area contributed by atoms with Crippen LogP contribution >= 0.6 is 12.4 Å². The molecule has 1 fully saturated rings. The molecule has 2 aliphatic heterocycles. The summed E-state index contributed by atoms with van der Waals surface area (Å²) in [5.41, 5.74) is 1.14. The summed E-state index contributed by atoms with van der Waals surface area (Å²) in [5, 5.41) is 8.79. The van der Waals surface area contributed by atoms with Gasteiger partial charge in [-0.1, -0.05) is 24.3 Å². The number of ether oxygens (including phenoxy) is 1. The Hall–Kier alpha value is -1.97. The van der Waals surface area contributed by atoms with Crippen LogP contribution in [0.3, 0.4) is 0 Å². The molecule has 2 aromatic rings.